The first-order valence-corrected chi connectivity index (χ1v) is 3.30. The van der Waals surface area contributed by atoms with Gasteiger partial charge in [-0.2, -0.15) is 0 Å². The Labute approximate surface area is 65.9 Å². The van der Waals surface area contributed by atoms with E-state index in [1.807, 2.05) is 13.0 Å². The van der Waals surface area contributed by atoms with E-state index in [4.69, 9.17) is 6.42 Å². The lowest BCUT2D eigenvalue weighted by Crippen LogP contribution is -2.03. The van der Waals surface area contributed by atoms with E-state index >= 15 is 0 Å². The van der Waals surface area contributed by atoms with Crippen LogP contribution in [0.1, 0.15) is 5.69 Å². The summed E-state index contributed by atoms with van der Waals surface area (Å²) < 4.78 is 0. The molecule has 1 aromatic rings. The van der Waals surface area contributed by atoms with Crippen LogP contribution < -0.4 is 5.32 Å². The highest BCUT2D eigenvalue weighted by Gasteiger charge is 1.91. The minimum atomic E-state index is 0.462. The van der Waals surface area contributed by atoms with Crippen molar-refractivity contribution < 1.29 is 0 Å². The highest BCUT2D eigenvalue weighted by atomic mass is 15.1. The minimum absolute atomic E-state index is 0.462. The van der Waals surface area contributed by atoms with Gasteiger partial charge in [-0.3, -0.25) is 0 Å². The fraction of sp³-hybridized carbons (Fsp3) is 0.250. The third kappa shape index (κ3) is 2.26. The second kappa shape index (κ2) is 3.57. The predicted octanol–water partition coefficient (Wildman–Crippen LogP) is 0.830. The largest absolute Gasteiger partial charge is 0.343 e. The van der Waals surface area contributed by atoms with Crippen molar-refractivity contribution in [2.24, 2.45) is 0 Å². The van der Waals surface area contributed by atoms with Crippen molar-refractivity contribution in [2.75, 3.05) is 11.9 Å². The molecule has 0 amide bonds. The zero-order valence-electron chi connectivity index (χ0n) is 6.33. The smallest absolute Gasteiger partial charge is 0.223 e. The van der Waals surface area contributed by atoms with Gasteiger partial charge < -0.3 is 5.32 Å². The molecule has 56 valence electrons. The molecule has 0 radical (unpaired) electrons. The molecule has 3 nitrogen and oxygen atoms in total. The van der Waals surface area contributed by atoms with E-state index < -0.39 is 0 Å². The van der Waals surface area contributed by atoms with Gasteiger partial charge in [-0.15, -0.1) is 6.42 Å². The van der Waals surface area contributed by atoms with E-state index in [1.165, 1.54) is 0 Å². The topological polar surface area (TPSA) is 37.8 Å². The van der Waals surface area contributed by atoms with Gasteiger partial charge in [-0.05, 0) is 13.0 Å². The van der Waals surface area contributed by atoms with Crippen molar-refractivity contribution in [1.82, 2.24) is 9.97 Å². The summed E-state index contributed by atoms with van der Waals surface area (Å²) in [6, 6.07) is 1.83. The van der Waals surface area contributed by atoms with Crippen LogP contribution in [0.2, 0.25) is 0 Å². The zero-order valence-corrected chi connectivity index (χ0v) is 6.33. The highest BCUT2D eigenvalue weighted by Crippen LogP contribution is 1.96. The molecule has 0 unspecified atom stereocenters. The van der Waals surface area contributed by atoms with E-state index in [0.29, 0.717) is 12.5 Å². The van der Waals surface area contributed by atoms with Crippen molar-refractivity contribution in [2.45, 2.75) is 6.92 Å². The summed E-state index contributed by atoms with van der Waals surface area (Å²) in [6.07, 6.45) is 6.74. The van der Waals surface area contributed by atoms with Gasteiger partial charge in [-0.1, -0.05) is 5.92 Å². The summed E-state index contributed by atoms with van der Waals surface area (Å²) in [7, 11) is 0. The van der Waals surface area contributed by atoms with Crippen molar-refractivity contribution in [1.29, 1.82) is 0 Å². The number of aryl methyl sites for hydroxylation is 1. The van der Waals surface area contributed by atoms with Gasteiger partial charge in [-0.25, -0.2) is 9.97 Å². The Morgan fingerprint density at radius 1 is 1.73 bits per heavy atom. The second-order valence-corrected chi connectivity index (χ2v) is 2.08. The van der Waals surface area contributed by atoms with Crippen LogP contribution in [0.5, 0.6) is 0 Å². The number of nitrogens with zero attached hydrogens (tertiary/aromatic N) is 2. The zero-order chi connectivity index (χ0) is 8.10. The van der Waals surface area contributed by atoms with E-state index in [9.17, 15) is 0 Å². The van der Waals surface area contributed by atoms with Crippen LogP contribution in [0.25, 0.3) is 0 Å². The molecule has 0 fully saturated rings. The number of rotatable bonds is 2. The third-order valence-corrected chi connectivity index (χ3v) is 1.14. The predicted molar refractivity (Wildman–Crippen MR) is 44.1 cm³/mol. The number of nitrogens with one attached hydrogen (secondary N) is 1. The van der Waals surface area contributed by atoms with Gasteiger partial charge in [0.15, 0.2) is 0 Å². The van der Waals surface area contributed by atoms with Gasteiger partial charge in [0, 0.05) is 11.9 Å². The normalized spacial score (nSPS) is 8.73. The van der Waals surface area contributed by atoms with Crippen LogP contribution in [0.3, 0.4) is 0 Å². The molecule has 1 heterocycles. The lowest BCUT2D eigenvalue weighted by Gasteiger charge is -1.99. The Morgan fingerprint density at radius 2 is 2.55 bits per heavy atom. The van der Waals surface area contributed by atoms with Crippen LogP contribution in [-0.2, 0) is 0 Å². The number of hydrogen-bond donors (Lipinski definition) is 1. The molecular formula is C8H9N3. The molecule has 0 saturated heterocycles. The Balaban J connectivity index is 2.65. The monoisotopic (exact) mass is 147 g/mol. The van der Waals surface area contributed by atoms with Crippen molar-refractivity contribution in [3.05, 3.63) is 18.0 Å². The highest BCUT2D eigenvalue weighted by molar-refractivity contribution is 5.26. The van der Waals surface area contributed by atoms with Crippen molar-refractivity contribution >= 4 is 5.95 Å². The number of terminal acetylenes is 1. The maximum Gasteiger partial charge on any atom is 0.223 e. The molecule has 0 aliphatic rings. The molecule has 0 bridgehead atoms. The maximum atomic E-state index is 5.05. The fourth-order valence-corrected chi connectivity index (χ4v) is 0.664. The number of hydrogen-bond acceptors (Lipinski definition) is 3. The van der Waals surface area contributed by atoms with Crippen LogP contribution in [0.4, 0.5) is 5.95 Å². The molecule has 1 rings (SSSR count). The number of aromatic nitrogens is 2. The average Bonchev–Trinajstić information content (AvgIpc) is 2.01. The Hall–Kier alpha value is -1.56. The summed E-state index contributed by atoms with van der Waals surface area (Å²) in [5.74, 6) is 3.03. The summed E-state index contributed by atoms with van der Waals surface area (Å²) in [6.45, 7) is 2.37. The molecule has 11 heavy (non-hydrogen) atoms. The summed E-state index contributed by atoms with van der Waals surface area (Å²) >= 11 is 0. The Bertz CT molecular complexity index is 275. The van der Waals surface area contributed by atoms with Crippen LogP contribution in [0.15, 0.2) is 12.3 Å². The van der Waals surface area contributed by atoms with Crippen LogP contribution >= 0.6 is 0 Å². The van der Waals surface area contributed by atoms with Gasteiger partial charge in [0.05, 0.1) is 6.54 Å². The second-order valence-electron chi connectivity index (χ2n) is 2.08. The first kappa shape index (κ1) is 7.55. The molecule has 0 aromatic carbocycles. The molecule has 0 atom stereocenters. The molecule has 0 saturated carbocycles. The first-order chi connectivity index (χ1) is 5.33. The Kier molecular flexibility index (Phi) is 2.45. The van der Waals surface area contributed by atoms with E-state index in [2.05, 4.69) is 21.2 Å². The first-order valence-electron chi connectivity index (χ1n) is 3.30. The molecule has 0 spiro atoms. The van der Waals surface area contributed by atoms with E-state index in [-0.39, 0.29) is 0 Å². The number of anilines is 1. The molecular weight excluding hydrogens is 138 g/mol. The molecule has 1 N–H and O–H groups in total. The molecule has 1 aromatic heterocycles. The van der Waals surface area contributed by atoms with E-state index in [0.717, 1.165) is 5.69 Å². The standard InChI is InChI=1S/C8H9N3/c1-3-5-9-8-10-6-4-7(2)11-8/h1,4,6H,5H2,2H3,(H,9,10,11). The summed E-state index contributed by atoms with van der Waals surface area (Å²) in [4.78, 5) is 8.05. The fourth-order valence-electron chi connectivity index (χ4n) is 0.664. The summed E-state index contributed by atoms with van der Waals surface area (Å²) in [5, 5.41) is 2.88. The summed E-state index contributed by atoms with van der Waals surface area (Å²) in [5.41, 5.74) is 0.930. The van der Waals surface area contributed by atoms with Gasteiger partial charge >= 0.3 is 0 Å². The molecule has 0 aliphatic carbocycles. The quantitative estimate of drug-likeness (QED) is 0.629. The van der Waals surface area contributed by atoms with Crippen LogP contribution in [0, 0.1) is 19.3 Å². The van der Waals surface area contributed by atoms with Gasteiger partial charge in [0.1, 0.15) is 0 Å². The van der Waals surface area contributed by atoms with Crippen LogP contribution in [-0.4, -0.2) is 16.5 Å². The van der Waals surface area contributed by atoms with Crippen molar-refractivity contribution in [3.8, 4) is 12.3 Å². The van der Waals surface area contributed by atoms with Gasteiger partial charge in [0.2, 0.25) is 5.95 Å². The van der Waals surface area contributed by atoms with Gasteiger partial charge in [0.25, 0.3) is 0 Å². The Morgan fingerprint density at radius 3 is 3.18 bits per heavy atom. The average molecular weight is 147 g/mol. The lowest BCUT2D eigenvalue weighted by molar-refractivity contribution is 1.08. The third-order valence-electron chi connectivity index (χ3n) is 1.14. The van der Waals surface area contributed by atoms with Crippen molar-refractivity contribution in [3.63, 3.8) is 0 Å². The SMILES string of the molecule is C#CCNc1nccc(C)n1. The molecule has 3 heteroatoms. The minimum Gasteiger partial charge on any atom is -0.343 e. The molecule has 0 aliphatic heterocycles. The maximum absolute atomic E-state index is 5.05. The lowest BCUT2D eigenvalue weighted by atomic mass is 10.5. The van der Waals surface area contributed by atoms with E-state index in [1.54, 1.807) is 6.20 Å².